The third kappa shape index (κ3) is 7.49. The molecular weight excluding hydrogens is 498 g/mol. The highest BCUT2D eigenvalue weighted by molar-refractivity contribution is 9.10. The first-order chi connectivity index (χ1) is 15.8. The van der Waals surface area contributed by atoms with E-state index in [1.807, 2.05) is 0 Å². The first-order valence-electron chi connectivity index (χ1n) is 9.64. The molecule has 0 fully saturated rings. The molecule has 2 N–H and O–H groups in total. The first-order valence-corrected chi connectivity index (χ1v) is 10.4. The van der Waals surface area contributed by atoms with E-state index in [-0.39, 0.29) is 6.61 Å². The Morgan fingerprint density at radius 1 is 1.09 bits per heavy atom. The van der Waals surface area contributed by atoms with Crippen molar-refractivity contribution in [1.29, 1.82) is 0 Å². The molecule has 0 saturated heterocycles. The van der Waals surface area contributed by atoms with Crippen LogP contribution in [0, 0.1) is 0 Å². The Labute approximate surface area is 199 Å². The van der Waals surface area contributed by atoms with Gasteiger partial charge in [-0.05, 0) is 64.8 Å². The summed E-state index contributed by atoms with van der Waals surface area (Å²) in [7, 11) is 4.24. The second-order valence-electron chi connectivity index (χ2n) is 6.56. The van der Waals surface area contributed by atoms with E-state index < -0.39 is 23.8 Å². The van der Waals surface area contributed by atoms with Gasteiger partial charge in [0.1, 0.15) is 11.8 Å². The number of carbonyl (C=O) groups excluding carboxylic acids is 3. The number of halogens is 1. The number of benzene rings is 2. The summed E-state index contributed by atoms with van der Waals surface area (Å²) in [5, 5.41) is 6.51. The lowest BCUT2D eigenvalue weighted by molar-refractivity contribution is -0.143. The molecule has 176 valence electrons. The maximum Gasteiger partial charge on any atom is 0.343 e. The normalized spacial score (nSPS) is 11.4. The van der Waals surface area contributed by atoms with Crippen LogP contribution < -0.4 is 25.0 Å². The van der Waals surface area contributed by atoms with Crippen LogP contribution in [0.25, 0.3) is 0 Å². The minimum atomic E-state index is -0.827. The van der Waals surface area contributed by atoms with Crippen LogP contribution in [0.2, 0.25) is 0 Å². The van der Waals surface area contributed by atoms with E-state index in [2.05, 4.69) is 36.5 Å². The van der Waals surface area contributed by atoms with Crippen molar-refractivity contribution in [2.75, 3.05) is 27.9 Å². The van der Waals surface area contributed by atoms with E-state index in [0.29, 0.717) is 32.8 Å². The number of hydrogen-bond acceptors (Lipinski definition) is 8. The molecule has 1 unspecified atom stereocenters. The van der Waals surface area contributed by atoms with Crippen molar-refractivity contribution in [2.45, 2.75) is 13.0 Å². The molecule has 2 amide bonds. The summed E-state index contributed by atoms with van der Waals surface area (Å²) < 4.78 is 20.8. The van der Waals surface area contributed by atoms with E-state index in [0.717, 1.165) is 0 Å². The molecular formula is C22H24BrN3O7. The van der Waals surface area contributed by atoms with Gasteiger partial charge < -0.3 is 24.3 Å². The summed E-state index contributed by atoms with van der Waals surface area (Å²) in [5.74, 6) is -0.152. The number of methoxy groups -OCH3 is 3. The molecule has 0 aliphatic rings. The number of hydrogen-bond donors (Lipinski definition) is 2. The van der Waals surface area contributed by atoms with Crippen molar-refractivity contribution in [3.8, 4) is 17.2 Å². The average molecular weight is 522 g/mol. The van der Waals surface area contributed by atoms with Crippen LogP contribution in [0.15, 0.2) is 46.0 Å². The lowest BCUT2D eigenvalue weighted by atomic mass is 10.2. The molecule has 0 saturated carbocycles. The van der Waals surface area contributed by atoms with Gasteiger partial charge in [0, 0.05) is 5.56 Å². The zero-order valence-electron chi connectivity index (χ0n) is 18.5. The van der Waals surface area contributed by atoms with E-state index >= 15 is 0 Å². The zero-order chi connectivity index (χ0) is 24.4. The Morgan fingerprint density at radius 2 is 1.79 bits per heavy atom. The van der Waals surface area contributed by atoms with Crippen molar-refractivity contribution < 1.29 is 33.3 Å². The van der Waals surface area contributed by atoms with Gasteiger partial charge in [0.05, 0.1) is 32.0 Å². The second kappa shape index (κ2) is 12.4. The predicted molar refractivity (Wildman–Crippen MR) is 124 cm³/mol. The number of esters is 1. The molecule has 0 bridgehead atoms. The largest absolute Gasteiger partial charge is 0.497 e. The van der Waals surface area contributed by atoms with Crippen LogP contribution in [-0.2, 0) is 14.3 Å². The van der Waals surface area contributed by atoms with Crippen molar-refractivity contribution in [3.63, 3.8) is 0 Å². The highest BCUT2D eigenvalue weighted by Crippen LogP contribution is 2.36. The number of carbonyl (C=O) groups is 3. The van der Waals surface area contributed by atoms with Gasteiger partial charge >= 0.3 is 5.97 Å². The Morgan fingerprint density at radius 3 is 2.39 bits per heavy atom. The van der Waals surface area contributed by atoms with Crippen LogP contribution in [0.1, 0.15) is 22.8 Å². The number of ether oxygens (including phenoxy) is 4. The Kier molecular flexibility index (Phi) is 9.67. The summed E-state index contributed by atoms with van der Waals surface area (Å²) in [6.45, 7) is 1.26. The Balaban J connectivity index is 1.97. The molecule has 1 atom stereocenters. The van der Waals surface area contributed by atoms with Gasteiger partial charge in [-0.1, -0.05) is 0 Å². The first kappa shape index (κ1) is 25.7. The summed E-state index contributed by atoms with van der Waals surface area (Å²) in [6, 6.07) is 8.96. The fourth-order valence-corrected chi connectivity index (χ4v) is 3.07. The molecule has 2 aromatic rings. The molecule has 0 heterocycles. The topological polar surface area (TPSA) is 125 Å². The van der Waals surface area contributed by atoms with Crippen LogP contribution in [0.5, 0.6) is 17.2 Å². The summed E-state index contributed by atoms with van der Waals surface area (Å²) in [5.41, 5.74) is 3.35. The Hall–Kier alpha value is -3.60. The number of nitrogens with one attached hydrogen (secondary N) is 2. The van der Waals surface area contributed by atoms with E-state index in [4.69, 9.17) is 14.2 Å². The SMILES string of the molecule is COC(=O)COc1c(Br)cc(C=NNC(=O)C(C)NC(=O)c2ccc(OC)cc2)cc1OC. The quantitative estimate of drug-likeness (QED) is 0.279. The Bertz CT molecular complexity index is 1030. The molecule has 0 spiro atoms. The van der Waals surface area contributed by atoms with Crippen LogP contribution in [0.3, 0.4) is 0 Å². The van der Waals surface area contributed by atoms with Crippen molar-refractivity contribution in [2.24, 2.45) is 5.10 Å². The molecule has 0 radical (unpaired) electrons. The third-order valence-electron chi connectivity index (χ3n) is 4.30. The average Bonchev–Trinajstić information content (AvgIpc) is 2.82. The van der Waals surface area contributed by atoms with Gasteiger partial charge in [0.25, 0.3) is 11.8 Å². The number of hydrazone groups is 1. The van der Waals surface area contributed by atoms with Crippen LogP contribution >= 0.6 is 15.9 Å². The summed E-state index contributed by atoms with van der Waals surface area (Å²) in [6.07, 6.45) is 1.40. The lowest BCUT2D eigenvalue weighted by Crippen LogP contribution is -2.43. The van der Waals surface area contributed by atoms with E-state index in [1.54, 1.807) is 43.3 Å². The molecule has 0 aliphatic carbocycles. The minimum Gasteiger partial charge on any atom is -0.497 e. The van der Waals surface area contributed by atoms with Gasteiger partial charge in [-0.2, -0.15) is 5.10 Å². The van der Waals surface area contributed by atoms with Crippen molar-refractivity contribution >= 4 is 39.9 Å². The number of rotatable bonds is 10. The van der Waals surface area contributed by atoms with Crippen LogP contribution in [0.4, 0.5) is 0 Å². The monoisotopic (exact) mass is 521 g/mol. The minimum absolute atomic E-state index is 0.283. The maximum atomic E-state index is 12.3. The van der Waals surface area contributed by atoms with Crippen LogP contribution in [-0.4, -0.2) is 58.0 Å². The number of amides is 2. The number of nitrogens with zero attached hydrogens (tertiary/aromatic N) is 1. The van der Waals surface area contributed by atoms with Gasteiger partial charge in [-0.3, -0.25) is 9.59 Å². The zero-order valence-corrected chi connectivity index (χ0v) is 20.1. The molecule has 0 aromatic heterocycles. The third-order valence-corrected chi connectivity index (χ3v) is 4.88. The fourth-order valence-electron chi connectivity index (χ4n) is 2.50. The molecule has 10 nitrogen and oxygen atoms in total. The predicted octanol–water partition coefficient (Wildman–Crippen LogP) is 2.29. The molecule has 2 rings (SSSR count). The summed E-state index contributed by atoms with van der Waals surface area (Å²) in [4.78, 5) is 35.8. The maximum absolute atomic E-state index is 12.3. The van der Waals surface area contributed by atoms with Gasteiger partial charge in [-0.15, -0.1) is 0 Å². The molecule has 0 aliphatic heterocycles. The second-order valence-corrected chi connectivity index (χ2v) is 7.41. The smallest absolute Gasteiger partial charge is 0.343 e. The molecule has 2 aromatic carbocycles. The molecule has 33 heavy (non-hydrogen) atoms. The standard InChI is InChI=1S/C22H24BrN3O7/c1-13(25-22(29)15-5-7-16(30-2)8-6-15)21(28)26-24-11-14-9-17(23)20(18(10-14)31-3)33-12-19(27)32-4/h5-11,13H,12H2,1-4H3,(H,25,29)(H,26,28). The highest BCUT2D eigenvalue weighted by Gasteiger charge is 2.17. The lowest BCUT2D eigenvalue weighted by Gasteiger charge is -2.13. The fraction of sp³-hybridized carbons (Fsp3) is 0.273. The van der Waals surface area contributed by atoms with Crippen molar-refractivity contribution in [3.05, 3.63) is 52.0 Å². The van der Waals surface area contributed by atoms with Crippen molar-refractivity contribution in [1.82, 2.24) is 10.7 Å². The van der Waals surface area contributed by atoms with Gasteiger partial charge in [0.15, 0.2) is 18.1 Å². The van der Waals surface area contributed by atoms with Gasteiger partial charge in [-0.25, -0.2) is 10.2 Å². The molecule has 11 heteroatoms. The summed E-state index contributed by atoms with van der Waals surface area (Å²) >= 11 is 3.35. The van der Waals surface area contributed by atoms with E-state index in [9.17, 15) is 14.4 Å². The highest BCUT2D eigenvalue weighted by atomic mass is 79.9. The van der Waals surface area contributed by atoms with Gasteiger partial charge in [0.2, 0.25) is 0 Å². The van der Waals surface area contributed by atoms with E-state index in [1.165, 1.54) is 27.5 Å².